The van der Waals surface area contributed by atoms with Crippen molar-refractivity contribution >= 4 is 6.09 Å². The Labute approximate surface area is 163 Å². The van der Waals surface area contributed by atoms with Crippen molar-refractivity contribution in [2.75, 3.05) is 20.3 Å². The zero-order valence-electron chi connectivity index (χ0n) is 16.6. The van der Waals surface area contributed by atoms with Crippen molar-refractivity contribution in [3.63, 3.8) is 0 Å². The third-order valence-electron chi connectivity index (χ3n) is 6.95. The van der Waals surface area contributed by atoms with E-state index >= 15 is 0 Å². The van der Waals surface area contributed by atoms with Crippen LogP contribution in [0, 0.1) is 5.92 Å². The minimum Gasteiger partial charge on any atom is -0.447 e. The standard InChI is InChI=1S/C23H33NO3/c1-26-12-4-2-3-5-17-6-7-19-14-20(9-8-18(19)13-17)21-10-11-23(15-21)16-27-22(25)24-23/h8-9,14,17,21H,2-7,10-13,15-16H2,1H3,(H,24,25)/t17-,21-,23+/m0/s1. The summed E-state index contributed by atoms with van der Waals surface area (Å²) in [6, 6.07) is 7.20. The third-order valence-corrected chi connectivity index (χ3v) is 6.95. The van der Waals surface area contributed by atoms with E-state index in [4.69, 9.17) is 9.47 Å². The van der Waals surface area contributed by atoms with Crippen LogP contribution in [0.25, 0.3) is 0 Å². The molecular weight excluding hydrogens is 338 g/mol. The maximum absolute atomic E-state index is 11.5. The van der Waals surface area contributed by atoms with Crippen LogP contribution in [0.3, 0.4) is 0 Å². The Morgan fingerprint density at radius 3 is 2.96 bits per heavy atom. The number of hydrogen-bond acceptors (Lipinski definition) is 3. The Morgan fingerprint density at radius 1 is 1.22 bits per heavy atom. The molecule has 1 aromatic carbocycles. The first-order chi connectivity index (χ1) is 13.2. The number of ether oxygens (including phenoxy) is 2. The molecule has 4 nitrogen and oxygen atoms in total. The predicted molar refractivity (Wildman–Crippen MR) is 106 cm³/mol. The molecule has 0 bridgehead atoms. The molecule has 3 atom stereocenters. The highest BCUT2D eigenvalue weighted by Gasteiger charge is 2.46. The molecule has 1 saturated carbocycles. The number of nitrogens with one attached hydrogen (secondary N) is 1. The zero-order chi connectivity index (χ0) is 18.7. The van der Waals surface area contributed by atoms with Gasteiger partial charge >= 0.3 is 6.09 Å². The van der Waals surface area contributed by atoms with Gasteiger partial charge < -0.3 is 14.8 Å². The van der Waals surface area contributed by atoms with E-state index in [1.807, 2.05) is 0 Å². The number of benzene rings is 1. The lowest BCUT2D eigenvalue weighted by Crippen LogP contribution is -2.40. The quantitative estimate of drug-likeness (QED) is 0.704. The van der Waals surface area contributed by atoms with Gasteiger partial charge in [-0.3, -0.25) is 0 Å². The van der Waals surface area contributed by atoms with Gasteiger partial charge in [-0.2, -0.15) is 0 Å². The number of unbranched alkanes of at least 4 members (excludes halogenated alkanes) is 2. The van der Waals surface area contributed by atoms with Gasteiger partial charge in [-0.1, -0.05) is 37.5 Å². The number of carbonyl (C=O) groups excluding carboxylic acids is 1. The van der Waals surface area contributed by atoms with E-state index in [-0.39, 0.29) is 11.6 Å². The first-order valence-corrected chi connectivity index (χ1v) is 10.7. The van der Waals surface area contributed by atoms with Gasteiger partial charge in [0, 0.05) is 13.7 Å². The van der Waals surface area contributed by atoms with Crippen LogP contribution in [0.15, 0.2) is 18.2 Å². The highest BCUT2D eigenvalue weighted by molar-refractivity contribution is 5.70. The number of fused-ring (bicyclic) bond motifs is 1. The van der Waals surface area contributed by atoms with Crippen LogP contribution >= 0.6 is 0 Å². The van der Waals surface area contributed by atoms with Crippen molar-refractivity contribution in [2.45, 2.75) is 75.7 Å². The highest BCUT2D eigenvalue weighted by atomic mass is 16.6. The molecule has 1 aromatic rings. The summed E-state index contributed by atoms with van der Waals surface area (Å²) >= 11 is 0. The molecule has 148 valence electrons. The lowest BCUT2D eigenvalue weighted by atomic mass is 9.79. The smallest absolute Gasteiger partial charge is 0.407 e. The summed E-state index contributed by atoms with van der Waals surface area (Å²) in [5.74, 6) is 1.40. The lowest BCUT2D eigenvalue weighted by Gasteiger charge is -2.26. The van der Waals surface area contributed by atoms with Crippen molar-refractivity contribution in [3.05, 3.63) is 34.9 Å². The van der Waals surface area contributed by atoms with Crippen LogP contribution in [-0.4, -0.2) is 32.0 Å². The molecule has 1 spiro atoms. The summed E-state index contributed by atoms with van der Waals surface area (Å²) in [6.45, 7) is 1.44. The minimum absolute atomic E-state index is 0.106. The molecule has 1 N–H and O–H groups in total. The molecule has 4 heteroatoms. The summed E-state index contributed by atoms with van der Waals surface area (Å²) in [5, 5.41) is 3.06. The van der Waals surface area contributed by atoms with Crippen LogP contribution in [0.1, 0.15) is 74.0 Å². The summed E-state index contributed by atoms with van der Waals surface area (Å²) < 4.78 is 10.3. The van der Waals surface area contributed by atoms with E-state index in [1.165, 1.54) is 50.5 Å². The van der Waals surface area contributed by atoms with Gasteiger partial charge in [0.2, 0.25) is 0 Å². The Hall–Kier alpha value is -1.55. The number of carbonyl (C=O) groups is 1. The fraction of sp³-hybridized carbons (Fsp3) is 0.696. The number of amides is 1. The minimum atomic E-state index is -0.241. The monoisotopic (exact) mass is 371 g/mol. The van der Waals surface area contributed by atoms with E-state index in [2.05, 4.69) is 23.5 Å². The average molecular weight is 372 g/mol. The normalized spacial score (nSPS) is 29.6. The number of aryl methyl sites for hydroxylation is 1. The highest BCUT2D eigenvalue weighted by Crippen LogP contribution is 2.43. The van der Waals surface area contributed by atoms with Crippen molar-refractivity contribution in [2.24, 2.45) is 5.92 Å². The lowest BCUT2D eigenvalue weighted by molar-refractivity contribution is 0.172. The second-order valence-corrected chi connectivity index (χ2v) is 8.90. The average Bonchev–Trinajstić information content (AvgIpc) is 3.27. The van der Waals surface area contributed by atoms with Gasteiger partial charge in [-0.05, 0) is 73.5 Å². The van der Waals surface area contributed by atoms with E-state index in [1.54, 1.807) is 18.2 Å². The van der Waals surface area contributed by atoms with Gasteiger partial charge in [-0.25, -0.2) is 4.79 Å². The van der Waals surface area contributed by atoms with Crippen LogP contribution in [0.5, 0.6) is 0 Å². The van der Waals surface area contributed by atoms with Gasteiger partial charge in [0.05, 0.1) is 5.54 Å². The van der Waals surface area contributed by atoms with E-state index in [0.717, 1.165) is 31.8 Å². The fourth-order valence-corrected chi connectivity index (χ4v) is 5.35. The topological polar surface area (TPSA) is 47.6 Å². The number of methoxy groups -OCH3 is 1. The molecule has 4 rings (SSSR count). The maximum Gasteiger partial charge on any atom is 0.407 e. The summed E-state index contributed by atoms with van der Waals surface area (Å²) in [5.41, 5.74) is 4.49. The van der Waals surface area contributed by atoms with Crippen LogP contribution in [-0.2, 0) is 22.3 Å². The van der Waals surface area contributed by atoms with Crippen molar-refractivity contribution in [1.29, 1.82) is 0 Å². The molecule has 3 aliphatic rings. The molecule has 0 radical (unpaired) electrons. The Kier molecular flexibility index (Phi) is 5.72. The summed E-state index contributed by atoms with van der Waals surface area (Å²) in [6.07, 6.45) is 11.9. The van der Waals surface area contributed by atoms with Gasteiger partial charge in [0.1, 0.15) is 6.61 Å². The number of hydrogen-bond donors (Lipinski definition) is 1. The molecule has 0 aromatic heterocycles. The van der Waals surface area contributed by atoms with Crippen molar-refractivity contribution in [3.8, 4) is 0 Å². The Morgan fingerprint density at radius 2 is 2.15 bits per heavy atom. The molecule has 1 aliphatic heterocycles. The predicted octanol–water partition coefficient (Wildman–Crippen LogP) is 4.74. The second-order valence-electron chi connectivity index (χ2n) is 8.90. The first kappa shape index (κ1) is 18.8. The summed E-state index contributed by atoms with van der Waals surface area (Å²) in [7, 11) is 1.79. The second kappa shape index (κ2) is 8.22. The SMILES string of the molecule is COCCCCC[C@H]1CCc2cc([C@H]3CC[C@]4(COC(=O)N4)C3)ccc2C1. The van der Waals surface area contributed by atoms with Crippen LogP contribution in [0.2, 0.25) is 0 Å². The van der Waals surface area contributed by atoms with Crippen molar-refractivity contribution in [1.82, 2.24) is 5.32 Å². The largest absolute Gasteiger partial charge is 0.447 e. The molecule has 2 aliphatic carbocycles. The first-order valence-electron chi connectivity index (χ1n) is 10.7. The molecule has 27 heavy (non-hydrogen) atoms. The van der Waals surface area contributed by atoms with Gasteiger partial charge in [-0.15, -0.1) is 0 Å². The van der Waals surface area contributed by atoms with Gasteiger partial charge in [0.25, 0.3) is 0 Å². The van der Waals surface area contributed by atoms with Gasteiger partial charge in [0.15, 0.2) is 0 Å². The molecule has 2 fully saturated rings. The van der Waals surface area contributed by atoms with Crippen LogP contribution in [0.4, 0.5) is 4.79 Å². The zero-order valence-corrected chi connectivity index (χ0v) is 16.6. The summed E-state index contributed by atoms with van der Waals surface area (Å²) in [4.78, 5) is 11.5. The Balaban J connectivity index is 1.32. The molecule has 1 saturated heterocycles. The Bertz CT molecular complexity index is 674. The number of cyclic esters (lactones) is 1. The molecule has 1 amide bonds. The van der Waals surface area contributed by atoms with E-state index < -0.39 is 0 Å². The van der Waals surface area contributed by atoms with Crippen LogP contribution < -0.4 is 5.32 Å². The molecule has 0 unspecified atom stereocenters. The fourth-order valence-electron chi connectivity index (χ4n) is 5.35. The van der Waals surface area contributed by atoms with E-state index in [9.17, 15) is 4.79 Å². The molecule has 1 heterocycles. The number of alkyl carbamates (subject to hydrolysis) is 1. The third kappa shape index (κ3) is 4.31. The molecular formula is C23H33NO3. The maximum atomic E-state index is 11.5. The number of rotatable bonds is 7. The van der Waals surface area contributed by atoms with Crippen molar-refractivity contribution < 1.29 is 14.3 Å². The van der Waals surface area contributed by atoms with E-state index in [0.29, 0.717) is 12.5 Å².